The van der Waals surface area contributed by atoms with Gasteiger partial charge in [-0.3, -0.25) is 0 Å². The van der Waals surface area contributed by atoms with E-state index in [0.29, 0.717) is 37.6 Å². The molecule has 0 heterocycles. The molecular formula is C17H19N3O2. The van der Waals surface area contributed by atoms with Crippen LogP contribution in [0.4, 0.5) is 0 Å². The van der Waals surface area contributed by atoms with Crippen molar-refractivity contribution >= 4 is 0 Å². The third-order valence-corrected chi connectivity index (χ3v) is 3.05. The van der Waals surface area contributed by atoms with Gasteiger partial charge < -0.3 is 20.9 Å². The van der Waals surface area contributed by atoms with Crippen LogP contribution in [-0.4, -0.2) is 26.3 Å². The Morgan fingerprint density at radius 1 is 0.909 bits per heavy atom. The first-order valence-electron chi connectivity index (χ1n) is 7.09. The largest absolute Gasteiger partial charge is 0.492 e. The number of nitrogens with two attached hydrogens (primary N) is 2. The normalized spacial score (nSPS) is 10.0. The first kappa shape index (κ1) is 15.8. The molecule has 2 aromatic carbocycles. The molecule has 0 aromatic heterocycles. The van der Waals surface area contributed by atoms with Crippen LogP contribution in [0.1, 0.15) is 5.56 Å². The van der Waals surface area contributed by atoms with E-state index in [-0.39, 0.29) is 0 Å². The molecule has 0 aliphatic heterocycles. The zero-order valence-corrected chi connectivity index (χ0v) is 12.3. The number of nitriles is 1. The summed E-state index contributed by atoms with van der Waals surface area (Å²) in [6, 6.07) is 15.3. The van der Waals surface area contributed by atoms with Crippen molar-refractivity contribution in [2.75, 3.05) is 26.3 Å². The SMILES string of the molecule is N#Cc1ccc(-c2ccccc2OCCN)cc1OCCN. The number of para-hydroxylation sites is 1. The van der Waals surface area contributed by atoms with Gasteiger partial charge in [0.05, 0.1) is 5.56 Å². The first-order chi connectivity index (χ1) is 10.8. The van der Waals surface area contributed by atoms with Gasteiger partial charge in [0, 0.05) is 18.7 Å². The predicted octanol–water partition coefficient (Wildman–Crippen LogP) is 1.90. The second-order valence-electron chi connectivity index (χ2n) is 4.59. The molecule has 0 spiro atoms. The molecule has 5 heteroatoms. The topological polar surface area (TPSA) is 94.3 Å². The van der Waals surface area contributed by atoms with E-state index in [1.807, 2.05) is 36.4 Å². The molecule has 0 aliphatic rings. The molecule has 2 rings (SSSR count). The van der Waals surface area contributed by atoms with Gasteiger partial charge in [-0.05, 0) is 23.8 Å². The van der Waals surface area contributed by atoms with E-state index >= 15 is 0 Å². The molecule has 0 atom stereocenters. The molecule has 0 amide bonds. The Hall–Kier alpha value is -2.55. The molecule has 5 nitrogen and oxygen atoms in total. The molecule has 4 N–H and O–H groups in total. The van der Waals surface area contributed by atoms with Crippen molar-refractivity contribution in [2.24, 2.45) is 11.5 Å². The van der Waals surface area contributed by atoms with Crippen molar-refractivity contribution in [1.29, 1.82) is 5.26 Å². The van der Waals surface area contributed by atoms with E-state index in [9.17, 15) is 0 Å². The second kappa shape index (κ2) is 8.03. The Balaban J connectivity index is 2.38. The summed E-state index contributed by atoms with van der Waals surface area (Å²) in [6.45, 7) is 1.66. The van der Waals surface area contributed by atoms with Gasteiger partial charge in [-0.15, -0.1) is 0 Å². The van der Waals surface area contributed by atoms with E-state index in [0.717, 1.165) is 16.9 Å². The number of hydrogen-bond donors (Lipinski definition) is 2. The minimum Gasteiger partial charge on any atom is -0.492 e. The molecule has 0 bridgehead atoms. The molecule has 0 fully saturated rings. The fourth-order valence-electron chi connectivity index (χ4n) is 2.07. The van der Waals surface area contributed by atoms with Crippen molar-refractivity contribution < 1.29 is 9.47 Å². The maximum absolute atomic E-state index is 9.15. The zero-order chi connectivity index (χ0) is 15.8. The summed E-state index contributed by atoms with van der Waals surface area (Å²) >= 11 is 0. The Morgan fingerprint density at radius 3 is 2.27 bits per heavy atom. The van der Waals surface area contributed by atoms with Gasteiger partial charge in [-0.2, -0.15) is 5.26 Å². The summed E-state index contributed by atoms with van der Waals surface area (Å²) in [7, 11) is 0. The number of nitrogens with zero attached hydrogens (tertiary/aromatic N) is 1. The van der Waals surface area contributed by atoms with Crippen molar-refractivity contribution in [2.45, 2.75) is 0 Å². The summed E-state index contributed by atoms with van der Waals surface area (Å²) in [5.74, 6) is 1.28. The monoisotopic (exact) mass is 297 g/mol. The highest BCUT2D eigenvalue weighted by Gasteiger charge is 2.10. The minimum absolute atomic E-state index is 0.365. The standard InChI is InChI=1S/C17H19N3O2/c18-7-9-21-16-4-2-1-3-15(16)13-5-6-14(12-20)17(11-13)22-10-8-19/h1-6,11H,7-10,18-19H2. The summed E-state index contributed by atoms with van der Waals surface area (Å²) in [5.41, 5.74) is 13.3. The lowest BCUT2D eigenvalue weighted by Crippen LogP contribution is -2.11. The van der Waals surface area contributed by atoms with E-state index in [2.05, 4.69) is 6.07 Å². The summed E-state index contributed by atoms with van der Waals surface area (Å²) < 4.78 is 11.2. The van der Waals surface area contributed by atoms with Crippen LogP contribution in [0.2, 0.25) is 0 Å². The Labute approximate surface area is 130 Å². The lowest BCUT2D eigenvalue weighted by molar-refractivity contribution is 0.327. The fraction of sp³-hybridized carbons (Fsp3) is 0.235. The maximum atomic E-state index is 9.15. The highest BCUT2D eigenvalue weighted by atomic mass is 16.5. The van der Waals surface area contributed by atoms with E-state index in [1.54, 1.807) is 6.07 Å². The number of rotatable bonds is 7. The van der Waals surface area contributed by atoms with Crippen LogP contribution in [0.15, 0.2) is 42.5 Å². The van der Waals surface area contributed by atoms with Crippen LogP contribution in [0.3, 0.4) is 0 Å². The molecule has 114 valence electrons. The molecule has 0 saturated carbocycles. The van der Waals surface area contributed by atoms with Crippen LogP contribution in [0.25, 0.3) is 11.1 Å². The van der Waals surface area contributed by atoms with Crippen LogP contribution >= 0.6 is 0 Å². The molecule has 0 unspecified atom stereocenters. The molecule has 0 aliphatic carbocycles. The van der Waals surface area contributed by atoms with Gasteiger partial charge in [0.25, 0.3) is 0 Å². The molecule has 0 saturated heterocycles. The van der Waals surface area contributed by atoms with Crippen molar-refractivity contribution in [1.82, 2.24) is 0 Å². The van der Waals surface area contributed by atoms with E-state index in [1.165, 1.54) is 0 Å². The van der Waals surface area contributed by atoms with Crippen LogP contribution in [0, 0.1) is 11.3 Å². The van der Waals surface area contributed by atoms with Gasteiger partial charge in [0.2, 0.25) is 0 Å². The quantitative estimate of drug-likeness (QED) is 0.814. The summed E-state index contributed by atoms with van der Waals surface area (Å²) in [5, 5.41) is 9.15. The van der Waals surface area contributed by atoms with E-state index in [4.69, 9.17) is 26.2 Å². The van der Waals surface area contributed by atoms with Crippen LogP contribution in [-0.2, 0) is 0 Å². The highest BCUT2D eigenvalue weighted by Crippen LogP contribution is 2.33. The first-order valence-corrected chi connectivity index (χ1v) is 7.09. The number of hydrogen-bond acceptors (Lipinski definition) is 5. The molecular weight excluding hydrogens is 278 g/mol. The smallest absolute Gasteiger partial charge is 0.137 e. The van der Waals surface area contributed by atoms with Crippen LogP contribution in [0.5, 0.6) is 11.5 Å². The number of benzene rings is 2. The maximum Gasteiger partial charge on any atom is 0.137 e. The van der Waals surface area contributed by atoms with Gasteiger partial charge in [-0.25, -0.2) is 0 Å². The highest BCUT2D eigenvalue weighted by molar-refractivity contribution is 5.72. The average Bonchev–Trinajstić information content (AvgIpc) is 2.58. The minimum atomic E-state index is 0.365. The van der Waals surface area contributed by atoms with Crippen molar-refractivity contribution in [3.8, 4) is 28.7 Å². The second-order valence-corrected chi connectivity index (χ2v) is 4.59. The number of ether oxygens (including phenoxy) is 2. The Morgan fingerprint density at radius 2 is 1.59 bits per heavy atom. The van der Waals surface area contributed by atoms with Crippen molar-refractivity contribution in [3.05, 3.63) is 48.0 Å². The lowest BCUT2D eigenvalue weighted by Gasteiger charge is -2.13. The third kappa shape index (κ3) is 3.76. The summed E-state index contributed by atoms with van der Waals surface area (Å²) in [6.07, 6.45) is 0. The average molecular weight is 297 g/mol. The third-order valence-electron chi connectivity index (χ3n) is 3.05. The predicted molar refractivity (Wildman–Crippen MR) is 85.7 cm³/mol. The fourth-order valence-corrected chi connectivity index (χ4v) is 2.07. The molecule has 2 aromatic rings. The Kier molecular flexibility index (Phi) is 5.78. The van der Waals surface area contributed by atoms with Crippen LogP contribution < -0.4 is 20.9 Å². The van der Waals surface area contributed by atoms with Gasteiger partial charge in [0.15, 0.2) is 0 Å². The summed E-state index contributed by atoms with van der Waals surface area (Å²) in [4.78, 5) is 0. The molecule has 22 heavy (non-hydrogen) atoms. The Bertz CT molecular complexity index is 665. The zero-order valence-electron chi connectivity index (χ0n) is 12.3. The van der Waals surface area contributed by atoms with Gasteiger partial charge in [0.1, 0.15) is 30.8 Å². The van der Waals surface area contributed by atoms with Crippen molar-refractivity contribution in [3.63, 3.8) is 0 Å². The van der Waals surface area contributed by atoms with Gasteiger partial charge in [-0.1, -0.05) is 24.3 Å². The van der Waals surface area contributed by atoms with Gasteiger partial charge >= 0.3 is 0 Å². The lowest BCUT2D eigenvalue weighted by atomic mass is 10.0. The van der Waals surface area contributed by atoms with E-state index < -0.39 is 0 Å². The molecule has 0 radical (unpaired) electrons.